The van der Waals surface area contributed by atoms with E-state index in [9.17, 15) is 13.2 Å². The standard InChI is InChI=1S/C19H22N2O4S/c1-2-26(23,24)21-11-10-15-8-9-17(12-16(15)13-21)20-19(22)14-25-18-6-4-3-5-7-18/h3-9,12H,2,10-11,13-14H2,1H3,(H,20,22). The van der Waals surface area contributed by atoms with Crippen molar-refractivity contribution < 1.29 is 17.9 Å². The van der Waals surface area contributed by atoms with E-state index in [-0.39, 0.29) is 18.3 Å². The van der Waals surface area contributed by atoms with Gasteiger partial charge >= 0.3 is 0 Å². The Balaban J connectivity index is 1.63. The Morgan fingerprint density at radius 1 is 1.15 bits per heavy atom. The van der Waals surface area contributed by atoms with Gasteiger partial charge in [0, 0.05) is 18.8 Å². The molecule has 1 heterocycles. The second-order valence-corrected chi connectivity index (χ2v) is 8.38. The number of carbonyl (C=O) groups excluding carboxylic acids is 1. The van der Waals surface area contributed by atoms with Gasteiger partial charge in [0.2, 0.25) is 10.0 Å². The van der Waals surface area contributed by atoms with Crippen LogP contribution in [0.15, 0.2) is 48.5 Å². The molecule has 138 valence electrons. The van der Waals surface area contributed by atoms with Crippen molar-refractivity contribution in [3.8, 4) is 5.75 Å². The summed E-state index contributed by atoms with van der Waals surface area (Å²) in [6.07, 6.45) is 0.680. The molecule has 1 amide bonds. The van der Waals surface area contributed by atoms with Crippen molar-refractivity contribution in [2.45, 2.75) is 19.9 Å². The van der Waals surface area contributed by atoms with Gasteiger partial charge in [0.25, 0.3) is 5.91 Å². The molecule has 3 rings (SSSR count). The lowest BCUT2D eigenvalue weighted by Crippen LogP contribution is -2.36. The number of rotatable bonds is 6. The van der Waals surface area contributed by atoms with Gasteiger partial charge in [-0.25, -0.2) is 8.42 Å². The van der Waals surface area contributed by atoms with E-state index in [0.29, 0.717) is 30.9 Å². The van der Waals surface area contributed by atoms with E-state index >= 15 is 0 Å². The lowest BCUT2D eigenvalue weighted by Gasteiger charge is -2.28. The topological polar surface area (TPSA) is 75.7 Å². The highest BCUT2D eigenvalue weighted by atomic mass is 32.2. The summed E-state index contributed by atoms with van der Waals surface area (Å²) in [4.78, 5) is 12.1. The molecule has 0 saturated carbocycles. The minimum Gasteiger partial charge on any atom is -0.484 e. The second kappa shape index (κ2) is 7.88. The average molecular weight is 374 g/mol. The number of sulfonamides is 1. The molecule has 0 aromatic heterocycles. The van der Waals surface area contributed by atoms with Crippen LogP contribution in [0.2, 0.25) is 0 Å². The third-order valence-electron chi connectivity index (χ3n) is 4.34. The zero-order valence-corrected chi connectivity index (χ0v) is 15.5. The second-order valence-electron chi connectivity index (χ2n) is 6.12. The predicted octanol–water partition coefficient (Wildman–Crippen LogP) is 2.41. The number of ether oxygens (including phenoxy) is 1. The number of hydrogen-bond acceptors (Lipinski definition) is 4. The third-order valence-corrected chi connectivity index (χ3v) is 6.17. The number of amides is 1. The van der Waals surface area contributed by atoms with Crippen molar-refractivity contribution in [3.63, 3.8) is 0 Å². The van der Waals surface area contributed by atoms with Gasteiger partial charge in [0.05, 0.1) is 5.75 Å². The molecule has 1 aliphatic heterocycles. The SMILES string of the molecule is CCS(=O)(=O)N1CCc2ccc(NC(=O)COc3ccccc3)cc2C1. The third kappa shape index (κ3) is 4.42. The van der Waals surface area contributed by atoms with E-state index in [0.717, 1.165) is 11.1 Å². The number of benzene rings is 2. The molecule has 2 aromatic rings. The van der Waals surface area contributed by atoms with Crippen LogP contribution in [0.25, 0.3) is 0 Å². The van der Waals surface area contributed by atoms with E-state index in [1.807, 2.05) is 36.4 Å². The van der Waals surface area contributed by atoms with Crippen molar-refractivity contribution >= 4 is 21.6 Å². The lowest BCUT2D eigenvalue weighted by atomic mass is 10.0. The van der Waals surface area contributed by atoms with Crippen molar-refractivity contribution in [1.29, 1.82) is 0 Å². The van der Waals surface area contributed by atoms with Gasteiger partial charge in [-0.15, -0.1) is 0 Å². The number of carbonyl (C=O) groups is 1. The zero-order chi connectivity index (χ0) is 18.6. The maximum atomic E-state index is 12.1. The first-order valence-corrected chi connectivity index (χ1v) is 10.2. The minimum absolute atomic E-state index is 0.0859. The fourth-order valence-electron chi connectivity index (χ4n) is 2.89. The number of para-hydroxylation sites is 1. The highest BCUT2D eigenvalue weighted by Crippen LogP contribution is 2.24. The van der Waals surface area contributed by atoms with E-state index in [2.05, 4.69) is 5.32 Å². The summed E-state index contributed by atoms with van der Waals surface area (Å²) in [6.45, 7) is 2.40. The smallest absolute Gasteiger partial charge is 0.262 e. The molecule has 0 saturated heterocycles. The van der Waals surface area contributed by atoms with Crippen molar-refractivity contribution in [1.82, 2.24) is 4.31 Å². The normalized spacial score (nSPS) is 14.5. The summed E-state index contributed by atoms with van der Waals surface area (Å²) in [5, 5.41) is 2.80. The predicted molar refractivity (Wildman–Crippen MR) is 101 cm³/mol. The first-order valence-electron chi connectivity index (χ1n) is 8.55. The summed E-state index contributed by atoms with van der Waals surface area (Å²) >= 11 is 0. The number of nitrogens with zero attached hydrogens (tertiary/aromatic N) is 1. The van der Waals surface area contributed by atoms with Crippen LogP contribution < -0.4 is 10.1 Å². The maximum absolute atomic E-state index is 12.1. The Labute approximate surface area is 153 Å². The highest BCUT2D eigenvalue weighted by molar-refractivity contribution is 7.89. The van der Waals surface area contributed by atoms with Gasteiger partial charge in [-0.2, -0.15) is 4.31 Å². The molecule has 0 unspecified atom stereocenters. The number of anilines is 1. The molecule has 0 aliphatic carbocycles. The van der Waals surface area contributed by atoms with Gasteiger partial charge in [-0.05, 0) is 48.7 Å². The fraction of sp³-hybridized carbons (Fsp3) is 0.316. The van der Waals surface area contributed by atoms with Gasteiger partial charge in [-0.1, -0.05) is 24.3 Å². The molecule has 0 radical (unpaired) electrons. The summed E-state index contributed by atoms with van der Waals surface area (Å²) in [5.41, 5.74) is 2.68. The Hall–Kier alpha value is -2.38. The average Bonchev–Trinajstić information content (AvgIpc) is 2.66. The minimum atomic E-state index is -3.21. The van der Waals surface area contributed by atoms with Crippen LogP contribution in [0.4, 0.5) is 5.69 Å². The fourth-order valence-corrected chi connectivity index (χ4v) is 3.96. The first-order chi connectivity index (χ1) is 12.5. The van der Waals surface area contributed by atoms with E-state index in [1.165, 1.54) is 4.31 Å². The van der Waals surface area contributed by atoms with Crippen molar-refractivity contribution in [2.24, 2.45) is 0 Å². The maximum Gasteiger partial charge on any atom is 0.262 e. The molecule has 0 spiro atoms. The Kier molecular flexibility index (Phi) is 5.58. The molecular weight excluding hydrogens is 352 g/mol. The lowest BCUT2D eigenvalue weighted by molar-refractivity contribution is -0.118. The molecule has 6 nitrogen and oxygen atoms in total. The zero-order valence-electron chi connectivity index (χ0n) is 14.6. The van der Waals surface area contributed by atoms with E-state index < -0.39 is 10.0 Å². The van der Waals surface area contributed by atoms with Crippen LogP contribution in [0.5, 0.6) is 5.75 Å². The van der Waals surface area contributed by atoms with Crippen LogP contribution in [-0.2, 0) is 27.8 Å². The Morgan fingerprint density at radius 3 is 2.65 bits per heavy atom. The molecule has 7 heteroatoms. The largest absolute Gasteiger partial charge is 0.484 e. The molecular formula is C19H22N2O4S. The quantitative estimate of drug-likeness (QED) is 0.842. The first kappa shape index (κ1) is 18.4. The Bertz CT molecular complexity index is 882. The van der Waals surface area contributed by atoms with Gasteiger partial charge in [0.15, 0.2) is 6.61 Å². The van der Waals surface area contributed by atoms with Gasteiger partial charge in [-0.3, -0.25) is 4.79 Å². The summed E-state index contributed by atoms with van der Waals surface area (Å²) in [6, 6.07) is 14.8. The summed E-state index contributed by atoms with van der Waals surface area (Å²) in [7, 11) is -3.21. The van der Waals surface area contributed by atoms with E-state index in [4.69, 9.17) is 4.74 Å². The van der Waals surface area contributed by atoms with Crippen LogP contribution in [-0.4, -0.2) is 37.5 Å². The molecule has 0 bridgehead atoms. The molecule has 0 fully saturated rings. The highest BCUT2D eigenvalue weighted by Gasteiger charge is 2.25. The summed E-state index contributed by atoms with van der Waals surface area (Å²) < 4.78 is 31.1. The monoisotopic (exact) mass is 374 g/mol. The molecule has 0 atom stereocenters. The number of nitrogens with one attached hydrogen (secondary N) is 1. The molecule has 1 aliphatic rings. The van der Waals surface area contributed by atoms with Crippen LogP contribution in [0.1, 0.15) is 18.1 Å². The van der Waals surface area contributed by atoms with Crippen molar-refractivity contribution in [2.75, 3.05) is 24.2 Å². The molecule has 2 aromatic carbocycles. The molecule has 1 N–H and O–H groups in total. The van der Waals surface area contributed by atoms with Gasteiger partial charge < -0.3 is 10.1 Å². The number of hydrogen-bond donors (Lipinski definition) is 1. The summed E-state index contributed by atoms with van der Waals surface area (Å²) in [5.74, 6) is 0.464. The Morgan fingerprint density at radius 2 is 1.92 bits per heavy atom. The number of fused-ring (bicyclic) bond motifs is 1. The van der Waals surface area contributed by atoms with E-state index in [1.54, 1.807) is 19.1 Å². The van der Waals surface area contributed by atoms with Crippen LogP contribution >= 0.6 is 0 Å². The van der Waals surface area contributed by atoms with Crippen LogP contribution in [0, 0.1) is 0 Å². The van der Waals surface area contributed by atoms with Crippen LogP contribution in [0.3, 0.4) is 0 Å². The van der Waals surface area contributed by atoms with Crippen molar-refractivity contribution in [3.05, 3.63) is 59.7 Å². The van der Waals surface area contributed by atoms with Gasteiger partial charge in [0.1, 0.15) is 5.75 Å². The molecule has 26 heavy (non-hydrogen) atoms.